The summed E-state index contributed by atoms with van der Waals surface area (Å²) in [6, 6.07) is 4.25. The maximum atomic E-state index is 13.2. The number of carbonyl (C=O) groups excluding carboxylic acids is 1. The van der Waals surface area contributed by atoms with Crippen LogP contribution in [0.25, 0.3) is 0 Å². The molecule has 3 nitrogen and oxygen atoms in total. The number of hydrogen-bond donors (Lipinski definition) is 2. The summed E-state index contributed by atoms with van der Waals surface area (Å²) in [6.07, 6.45) is 0. The van der Waals surface area contributed by atoms with Gasteiger partial charge in [0.25, 0.3) is 0 Å². The number of benzene rings is 1. The Kier molecular flexibility index (Phi) is 5.32. The fourth-order valence-corrected chi connectivity index (χ4v) is 1.61. The fourth-order valence-electron chi connectivity index (χ4n) is 1.49. The summed E-state index contributed by atoms with van der Waals surface area (Å²) in [5.41, 5.74) is 0.483. The van der Waals surface area contributed by atoms with E-state index < -0.39 is 5.82 Å². The van der Waals surface area contributed by atoms with E-state index in [1.165, 1.54) is 12.1 Å². The highest BCUT2D eigenvalue weighted by molar-refractivity contribution is 6.30. The monoisotopic (exact) mass is 286 g/mol. The van der Waals surface area contributed by atoms with Crippen LogP contribution in [0.5, 0.6) is 0 Å². The lowest BCUT2D eigenvalue weighted by atomic mass is 10.1. The van der Waals surface area contributed by atoms with Crippen molar-refractivity contribution in [1.29, 1.82) is 0 Å². The van der Waals surface area contributed by atoms with Gasteiger partial charge in [0.15, 0.2) is 0 Å². The number of nitrogens with one attached hydrogen (secondary N) is 2. The molecule has 1 rings (SSSR count). The van der Waals surface area contributed by atoms with Gasteiger partial charge >= 0.3 is 0 Å². The van der Waals surface area contributed by atoms with Gasteiger partial charge < -0.3 is 10.6 Å². The maximum absolute atomic E-state index is 13.2. The van der Waals surface area contributed by atoms with Gasteiger partial charge in [-0.2, -0.15) is 0 Å². The lowest BCUT2D eigenvalue weighted by molar-refractivity contribution is -0.124. The molecule has 0 aliphatic carbocycles. The minimum Gasteiger partial charge on any atom is -0.350 e. The molecular formula is C14H20ClFN2O. The molecule has 0 fully saturated rings. The van der Waals surface area contributed by atoms with E-state index in [1.54, 1.807) is 13.0 Å². The van der Waals surface area contributed by atoms with E-state index in [9.17, 15) is 9.18 Å². The molecule has 0 aliphatic rings. The van der Waals surface area contributed by atoms with E-state index >= 15 is 0 Å². The van der Waals surface area contributed by atoms with Gasteiger partial charge in [-0.1, -0.05) is 17.7 Å². The minimum atomic E-state index is -0.451. The van der Waals surface area contributed by atoms with Crippen molar-refractivity contribution in [3.05, 3.63) is 34.6 Å². The number of rotatable bonds is 4. The third-order valence-corrected chi connectivity index (χ3v) is 2.79. The third-order valence-electron chi connectivity index (χ3n) is 2.49. The van der Waals surface area contributed by atoms with Crippen LogP contribution in [0.4, 0.5) is 4.39 Å². The van der Waals surface area contributed by atoms with Crippen LogP contribution in [0.3, 0.4) is 0 Å². The van der Waals surface area contributed by atoms with Crippen molar-refractivity contribution in [3.8, 4) is 0 Å². The van der Waals surface area contributed by atoms with Crippen molar-refractivity contribution in [3.63, 3.8) is 0 Å². The Balaban J connectivity index is 2.52. The second-order valence-electron chi connectivity index (χ2n) is 5.59. The molecule has 106 valence electrons. The Morgan fingerprint density at radius 1 is 1.42 bits per heavy atom. The van der Waals surface area contributed by atoms with Gasteiger partial charge in [0, 0.05) is 12.1 Å². The van der Waals surface area contributed by atoms with E-state index in [2.05, 4.69) is 10.6 Å². The zero-order valence-corrected chi connectivity index (χ0v) is 12.4. The van der Waals surface area contributed by atoms with E-state index in [-0.39, 0.29) is 22.5 Å². The van der Waals surface area contributed by atoms with E-state index in [4.69, 9.17) is 11.6 Å². The molecule has 1 aromatic carbocycles. The van der Waals surface area contributed by atoms with Crippen LogP contribution in [0.15, 0.2) is 18.2 Å². The molecule has 19 heavy (non-hydrogen) atoms. The molecule has 1 unspecified atom stereocenters. The van der Waals surface area contributed by atoms with Crippen LogP contribution in [-0.4, -0.2) is 17.5 Å². The largest absolute Gasteiger partial charge is 0.350 e. The molecule has 0 saturated carbocycles. The molecule has 0 aromatic heterocycles. The number of amides is 1. The zero-order chi connectivity index (χ0) is 14.6. The molecule has 0 heterocycles. The van der Waals surface area contributed by atoms with Crippen LogP contribution < -0.4 is 10.6 Å². The van der Waals surface area contributed by atoms with Gasteiger partial charge in [-0.25, -0.2) is 4.39 Å². The van der Waals surface area contributed by atoms with Gasteiger partial charge in [-0.3, -0.25) is 4.79 Å². The molecule has 1 amide bonds. The van der Waals surface area contributed by atoms with Crippen molar-refractivity contribution in [1.82, 2.24) is 10.6 Å². The van der Waals surface area contributed by atoms with Gasteiger partial charge in [0.2, 0.25) is 5.91 Å². The normalized spacial score (nSPS) is 13.2. The third kappa shape index (κ3) is 5.57. The molecule has 0 saturated heterocycles. The second kappa shape index (κ2) is 6.35. The van der Waals surface area contributed by atoms with Gasteiger partial charge in [0.1, 0.15) is 5.82 Å². The highest BCUT2D eigenvalue weighted by atomic mass is 35.5. The Labute approximate surface area is 118 Å². The quantitative estimate of drug-likeness (QED) is 0.894. The maximum Gasteiger partial charge on any atom is 0.237 e. The Hall–Kier alpha value is -1.13. The number of halogens is 2. The average molecular weight is 287 g/mol. The van der Waals surface area contributed by atoms with Crippen molar-refractivity contribution in [2.45, 2.75) is 45.8 Å². The summed E-state index contributed by atoms with van der Waals surface area (Å²) in [5, 5.41) is 6.02. The van der Waals surface area contributed by atoms with Crippen LogP contribution >= 0.6 is 11.6 Å². The van der Waals surface area contributed by atoms with Gasteiger partial charge in [-0.05, 0) is 45.4 Å². The van der Waals surface area contributed by atoms with Crippen LogP contribution in [0.1, 0.15) is 33.3 Å². The van der Waals surface area contributed by atoms with Crippen molar-refractivity contribution in [2.24, 2.45) is 0 Å². The first kappa shape index (κ1) is 15.9. The highest BCUT2D eigenvalue weighted by Gasteiger charge is 2.18. The summed E-state index contributed by atoms with van der Waals surface area (Å²) in [6.45, 7) is 7.95. The fraction of sp³-hybridized carbons (Fsp3) is 0.500. The van der Waals surface area contributed by atoms with E-state index in [1.807, 2.05) is 20.8 Å². The number of carbonyl (C=O) groups is 1. The van der Waals surface area contributed by atoms with Crippen molar-refractivity contribution < 1.29 is 9.18 Å². The first-order valence-electron chi connectivity index (χ1n) is 6.18. The van der Waals surface area contributed by atoms with Crippen LogP contribution in [0.2, 0.25) is 5.02 Å². The predicted octanol–water partition coefficient (Wildman–Crippen LogP) is 2.87. The molecule has 0 spiro atoms. The molecular weight excluding hydrogens is 267 g/mol. The van der Waals surface area contributed by atoms with Crippen LogP contribution in [0, 0.1) is 5.82 Å². The smallest absolute Gasteiger partial charge is 0.237 e. The topological polar surface area (TPSA) is 41.1 Å². The summed E-state index contributed by atoms with van der Waals surface area (Å²) in [4.78, 5) is 11.8. The number of hydrogen-bond acceptors (Lipinski definition) is 2. The lowest BCUT2D eigenvalue weighted by Crippen LogP contribution is -2.49. The summed E-state index contributed by atoms with van der Waals surface area (Å²) >= 11 is 5.61. The lowest BCUT2D eigenvalue weighted by Gasteiger charge is -2.23. The van der Waals surface area contributed by atoms with Crippen molar-refractivity contribution >= 4 is 17.5 Å². The summed E-state index contributed by atoms with van der Waals surface area (Å²) < 4.78 is 13.2. The van der Waals surface area contributed by atoms with Crippen molar-refractivity contribution in [2.75, 3.05) is 0 Å². The molecule has 0 aliphatic heterocycles. The first-order chi connectivity index (χ1) is 8.69. The average Bonchev–Trinajstić information content (AvgIpc) is 2.28. The Morgan fingerprint density at radius 2 is 2.05 bits per heavy atom. The van der Waals surface area contributed by atoms with Gasteiger partial charge in [0.05, 0.1) is 11.1 Å². The highest BCUT2D eigenvalue weighted by Crippen LogP contribution is 2.15. The molecule has 0 bridgehead atoms. The Bertz CT molecular complexity index is 457. The molecule has 0 radical (unpaired) electrons. The molecule has 1 aromatic rings. The molecule has 5 heteroatoms. The van der Waals surface area contributed by atoms with Gasteiger partial charge in [-0.15, -0.1) is 0 Å². The Morgan fingerprint density at radius 3 is 2.58 bits per heavy atom. The standard InChI is InChI=1S/C14H20ClFN2O/c1-9(13(19)18-14(2,3)4)17-8-10-5-6-11(15)12(16)7-10/h5-7,9,17H,8H2,1-4H3,(H,18,19). The predicted molar refractivity (Wildman–Crippen MR) is 75.6 cm³/mol. The van der Waals surface area contributed by atoms with E-state index in [0.717, 1.165) is 5.56 Å². The molecule has 1 atom stereocenters. The molecule has 2 N–H and O–H groups in total. The second-order valence-corrected chi connectivity index (χ2v) is 6.00. The summed E-state index contributed by atoms with van der Waals surface area (Å²) in [5.74, 6) is -0.533. The minimum absolute atomic E-state index is 0.0815. The first-order valence-corrected chi connectivity index (χ1v) is 6.56. The van der Waals surface area contributed by atoms with E-state index in [0.29, 0.717) is 6.54 Å². The summed E-state index contributed by atoms with van der Waals surface area (Å²) in [7, 11) is 0. The zero-order valence-electron chi connectivity index (χ0n) is 11.7. The SMILES string of the molecule is CC(NCc1ccc(Cl)c(F)c1)C(=O)NC(C)(C)C. The van der Waals surface area contributed by atoms with Crippen LogP contribution in [-0.2, 0) is 11.3 Å².